The number of hydrogen-bond acceptors (Lipinski definition) is 10. The van der Waals surface area contributed by atoms with Crippen molar-refractivity contribution < 1.29 is 40.9 Å². The molecule has 1 aliphatic heterocycles. The van der Waals surface area contributed by atoms with Gasteiger partial charge in [0.15, 0.2) is 0 Å². The number of thiophene rings is 1. The van der Waals surface area contributed by atoms with Gasteiger partial charge in [-0.3, -0.25) is 9.52 Å². The fourth-order valence-electron chi connectivity index (χ4n) is 5.33. The first kappa shape index (κ1) is 37.6. The van der Waals surface area contributed by atoms with Gasteiger partial charge in [0.05, 0.1) is 42.4 Å². The number of benzene rings is 2. The molecule has 0 spiro atoms. The van der Waals surface area contributed by atoms with Gasteiger partial charge in [-0.1, -0.05) is 13.0 Å². The average Bonchev–Trinajstić information content (AvgIpc) is 3.62. The van der Waals surface area contributed by atoms with Crippen LogP contribution in [0.5, 0.6) is 11.5 Å². The highest BCUT2D eigenvalue weighted by Gasteiger charge is 2.33. The molecule has 12 nitrogen and oxygen atoms in total. The molecule has 0 saturated heterocycles. The van der Waals surface area contributed by atoms with Crippen LogP contribution in [0.3, 0.4) is 0 Å². The second kappa shape index (κ2) is 16.5. The maximum absolute atomic E-state index is 14.4. The Hall–Kier alpha value is -3.21. The molecule has 1 aromatic heterocycles. The zero-order valence-electron chi connectivity index (χ0n) is 27.9. The third-order valence-corrected chi connectivity index (χ3v) is 12.9. The van der Waals surface area contributed by atoms with Crippen molar-refractivity contribution in [1.29, 1.82) is 0 Å². The molecular formula is C33H45N3O9S3. The van der Waals surface area contributed by atoms with Gasteiger partial charge >= 0.3 is 0 Å². The van der Waals surface area contributed by atoms with E-state index < -0.39 is 38.1 Å². The Bertz CT molecular complexity index is 1720. The number of nitrogens with one attached hydrogen (secondary N) is 1. The third kappa shape index (κ3) is 9.27. The molecular weight excluding hydrogens is 679 g/mol. The molecule has 4 rings (SSSR count). The second-order valence-corrected chi connectivity index (χ2v) is 16.9. The van der Waals surface area contributed by atoms with E-state index >= 15 is 0 Å². The van der Waals surface area contributed by atoms with Gasteiger partial charge in [-0.25, -0.2) is 16.8 Å². The molecule has 1 aliphatic rings. The Morgan fingerprint density at radius 2 is 1.83 bits per heavy atom. The predicted octanol–water partition coefficient (Wildman–Crippen LogP) is 4.67. The van der Waals surface area contributed by atoms with Crippen LogP contribution in [-0.2, 0) is 24.8 Å². The minimum atomic E-state index is -4.01. The number of fused-ring (bicyclic) bond motifs is 1. The van der Waals surface area contributed by atoms with Crippen molar-refractivity contribution in [1.82, 2.24) is 9.21 Å². The van der Waals surface area contributed by atoms with Gasteiger partial charge in [-0.15, -0.1) is 11.3 Å². The summed E-state index contributed by atoms with van der Waals surface area (Å²) in [6.07, 6.45) is 1.30. The number of aliphatic hydroxyl groups is 1. The quantitative estimate of drug-likeness (QED) is 0.304. The number of carbonyl (C=O) groups excluding carboxylic acids is 1. The molecule has 0 aliphatic carbocycles. The van der Waals surface area contributed by atoms with Crippen molar-refractivity contribution in [2.24, 2.45) is 5.92 Å². The van der Waals surface area contributed by atoms with Crippen LogP contribution in [0, 0.1) is 5.92 Å². The van der Waals surface area contributed by atoms with Crippen LogP contribution < -0.4 is 14.2 Å². The van der Waals surface area contributed by atoms with Crippen LogP contribution in [0.4, 0.5) is 5.69 Å². The SMILES string of the molecule is COc1ccc(S(=O)(=O)Nc2ccc3c(c2)C(=O)N([C@H](C)CO)C[C@@H](C)[C@H](CN(C)S(=O)(=O)c2cccs2)OCCCC[C@H](C)O3)cc1. The molecule has 4 atom stereocenters. The van der Waals surface area contributed by atoms with Crippen LogP contribution in [0.1, 0.15) is 50.4 Å². The van der Waals surface area contributed by atoms with Gasteiger partial charge in [-0.05, 0) is 87.0 Å². The van der Waals surface area contributed by atoms with Gasteiger partial charge in [-0.2, -0.15) is 4.31 Å². The minimum absolute atomic E-state index is 0.0149. The van der Waals surface area contributed by atoms with Gasteiger partial charge in [0.2, 0.25) is 0 Å². The van der Waals surface area contributed by atoms with Crippen molar-refractivity contribution in [3.8, 4) is 11.5 Å². The molecule has 0 unspecified atom stereocenters. The monoisotopic (exact) mass is 723 g/mol. The number of ether oxygens (including phenoxy) is 3. The molecule has 15 heteroatoms. The number of hydrogen-bond donors (Lipinski definition) is 2. The largest absolute Gasteiger partial charge is 0.497 e. The second-order valence-electron chi connectivity index (χ2n) is 12.0. The van der Waals surface area contributed by atoms with Crippen LogP contribution in [0.15, 0.2) is 69.1 Å². The number of carbonyl (C=O) groups is 1. The fourth-order valence-corrected chi connectivity index (χ4v) is 8.77. The Morgan fingerprint density at radius 1 is 1.10 bits per heavy atom. The highest BCUT2D eigenvalue weighted by Crippen LogP contribution is 2.30. The molecule has 0 fully saturated rings. The van der Waals surface area contributed by atoms with Gasteiger partial charge in [0.25, 0.3) is 26.0 Å². The number of sulfonamides is 2. The standard InChI is InChI=1S/C33H45N3O9S3/c1-23-20-36(24(2)22-37)33(38)29-19-26(34-47(39,40)28-14-12-27(43-5)13-15-28)11-16-30(29)45-25(3)9-6-7-17-44-31(23)21-35(4)48(41,42)32-10-8-18-46-32/h8,10-16,18-19,23-25,31,34,37H,6-7,9,17,20-22H2,1-5H3/t23-,24-,25+,31+/m1/s1. The molecule has 2 heterocycles. The molecule has 48 heavy (non-hydrogen) atoms. The van der Waals surface area contributed by atoms with Crippen molar-refractivity contribution >= 4 is 43.0 Å². The summed E-state index contributed by atoms with van der Waals surface area (Å²) in [6.45, 7) is 5.71. The van der Waals surface area contributed by atoms with E-state index in [9.17, 15) is 26.7 Å². The van der Waals surface area contributed by atoms with E-state index in [0.717, 1.165) is 17.8 Å². The minimum Gasteiger partial charge on any atom is -0.497 e. The maximum Gasteiger partial charge on any atom is 0.261 e. The van der Waals surface area contributed by atoms with E-state index in [1.54, 1.807) is 48.7 Å². The van der Waals surface area contributed by atoms with Gasteiger partial charge < -0.3 is 24.2 Å². The van der Waals surface area contributed by atoms with Gasteiger partial charge in [0, 0.05) is 38.3 Å². The van der Waals surface area contributed by atoms with E-state index in [4.69, 9.17) is 14.2 Å². The summed E-state index contributed by atoms with van der Waals surface area (Å²) in [5.74, 6) is -0.0411. The van der Waals surface area contributed by atoms with Crippen LogP contribution in [0.2, 0.25) is 0 Å². The molecule has 1 amide bonds. The Labute approximate surface area is 287 Å². The highest BCUT2D eigenvalue weighted by molar-refractivity contribution is 7.92. The molecule has 3 aromatic rings. The first-order valence-corrected chi connectivity index (χ1v) is 19.6. The molecule has 0 bridgehead atoms. The number of rotatable bonds is 10. The van der Waals surface area contributed by atoms with Crippen LogP contribution >= 0.6 is 11.3 Å². The number of methoxy groups -OCH3 is 1. The van der Waals surface area contributed by atoms with E-state index in [2.05, 4.69) is 4.72 Å². The van der Waals surface area contributed by atoms with E-state index in [1.165, 1.54) is 41.6 Å². The summed E-state index contributed by atoms with van der Waals surface area (Å²) >= 11 is 1.14. The summed E-state index contributed by atoms with van der Waals surface area (Å²) in [5, 5.41) is 11.9. The Kier molecular flexibility index (Phi) is 12.9. The Morgan fingerprint density at radius 3 is 2.48 bits per heavy atom. The van der Waals surface area contributed by atoms with E-state index in [1.807, 2.05) is 13.8 Å². The normalized spacial score (nSPS) is 20.8. The summed E-state index contributed by atoms with van der Waals surface area (Å²) in [5.41, 5.74) is 0.276. The molecule has 0 saturated carbocycles. The topological polar surface area (TPSA) is 152 Å². The van der Waals surface area contributed by atoms with Crippen molar-refractivity contribution in [3.63, 3.8) is 0 Å². The lowest BCUT2D eigenvalue weighted by Gasteiger charge is -2.35. The molecule has 0 radical (unpaired) electrons. The van der Waals surface area contributed by atoms with Crippen molar-refractivity contribution in [2.75, 3.05) is 45.2 Å². The lowest BCUT2D eigenvalue weighted by Crippen LogP contribution is -2.48. The Balaban J connectivity index is 1.67. The highest BCUT2D eigenvalue weighted by atomic mass is 32.2. The average molecular weight is 724 g/mol. The molecule has 2 N–H and O–H groups in total. The predicted molar refractivity (Wildman–Crippen MR) is 185 cm³/mol. The summed E-state index contributed by atoms with van der Waals surface area (Å²) in [4.78, 5) is 15.9. The first-order valence-electron chi connectivity index (χ1n) is 15.8. The number of amides is 1. The first-order chi connectivity index (χ1) is 22.8. The van der Waals surface area contributed by atoms with Crippen molar-refractivity contribution in [3.05, 3.63) is 65.5 Å². The zero-order valence-corrected chi connectivity index (χ0v) is 30.3. The van der Waals surface area contributed by atoms with Crippen LogP contribution in [0.25, 0.3) is 0 Å². The number of likely N-dealkylation sites (N-methyl/N-ethyl adjacent to an activating group) is 1. The smallest absolute Gasteiger partial charge is 0.261 e. The zero-order chi connectivity index (χ0) is 35.1. The maximum atomic E-state index is 14.4. The number of anilines is 1. The van der Waals surface area contributed by atoms with Crippen LogP contribution in [-0.4, -0.2) is 95.8 Å². The summed E-state index contributed by atoms with van der Waals surface area (Å²) in [6, 6.07) is 13.1. The van der Waals surface area contributed by atoms with E-state index in [-0.39, 0.29) is 57.8 Å². The number of aliphatic hydroxyl groups excluding tert-OH is 1. The third-order valence-electron chi connectivity index (χ3n) is 8.27. The molecule has 264 valence electrons. The fraction of sp³-hybridized carbons (Fsp3) is 0.485. The summed E-state index contributed by atoms with van der Waals surface area (Å²) < 4.78 is 74.7. The van der Waals surface area contributed by atoms with E-state index in [0.29, 0.717) is 25.2 Å². The lowest BCUT2D eigenvalue weighted by molar-refractivity contribution is -0.00832. The summed E-state index contributed by atoms with van der Waals surface area (Å²) in [7, 11) is -4.76. The van der Waals surface area contributed by atoms with Gasteiger partial charge in [0.1, 0.15) is 15.7 Å². The lowest BCUT2D eigenvalue weighted by atomic mass is 10.0. The molecule has 2 aromatic carbocycles. The van der Waals surface area contributed by atoms with Crippen molar-refractivity contribution in [2.45, 2.75) is 67.4 Å². The number of nitrogens with zero attached hydrogens (tertiary/aromatic N) is 2.